The number of aryl methyl sites for hydroxylation is 1. The monoisotopic (exact) mass is 435 g/mol. The Bertz CT molecular complexity index is 722. The topological polar surface area (TPSA) is 94.5 Å². The molecule has 0 aromatic carbocycles. The highest BCUT2D eigenvalue weighted by Gasteiger charge is 2.50. The Morgan fingerprint density at radius 3 is 2.53 bits per heavy atom. The molecular weight excluding hydrogens is 402 g/mol. The lowest BCUT2D eigenvalue weighted by Gasteiger charge is -2.56. The van der Waals surface area contributed by atoms with Crippen molar-refractivity contribution in [1.82, 2.24) is 15.6 Å². The number of nitrogens with one attached hydrogen (secondary N) is 2. The average molecular weight is 436 g/mol. The number of hydrogen-bond acceptors (Lipinski definition) is 5. The van der Waals surface area contributed by atoms with E-state index < -0.39 is 6.10 Å². The molecule has 4 bridgehead atoms. The standard InChI is InChI=1S/C23H34ClN3O3/c24-21-12-26-18(2-1-3-25-11-19(29)13-28)7-20(21)22(30)27-14-23-8-15-4-16(9-23)6-17(5-15)10-23/h7,12,15-17,19,25,28-29H,1-6,8-11,13-14H2,(H,27,30)/t15?,16?,17?,19-,23?/m1/s1. The van der Waals surface area contributed by atoms with E-state index in [4.69, 9.17) is 16.7 Å². The maximum atomic E-state index is 12.9. The van der Waals surface area contributed by atoms with Crippen LogP contribution >= 0.6 is 11.6 Å². The van der Waals surface area contributed by atoms with Gasteiger partial charge in [-0.05, 0) is 87.1 Å². The molecule has 4 aliphatic carbocycles. The number of pyridine rings is 1. The van der Waals surface area contributed by atoms with E-state index >= 15 is 0 Å². The van der Waals surface area contributed by atoms with Crippen molar-refractivity contribution < 1.29 is 15.0 Å². The van der Waals surface area contributed by atoms with Gasteiger partial charge in [0, 0.05) is 25.0 Å². The molecule has 4 aliphatic rings. The van der Waals surface area contributed by atoms with Crippen molar-refractivity contribution in [2.75, 3.05) is 26.2 Å². The second-order valence-electron chi connectivity index (χ2n) is 9.90. The van der Waals surface area contributed by atoms with Crippen LogP contribution in [0, 0.1) is 23.2 Å². The van der Waals surface area contributed by atoms with E-state index in [2.05, 4.69) is 15.6 Å². The molecule has 7 heteroatoms. The number of amides is 1. The summed E-state index contributed by atoms with van der Waals surface area (Å²) in [6.45, 7) is 1.59. The van der Waals surface area contributed by atoms with Gasteiger partial charge in [0.2, 0.25) is 0 Å². The molecule has 4 N–H and O–H groups in total. The highest BCUT2D eigenvalue weighted by Crippen LogP contribution is 2.59. The third kappa shape index (κ3) is 5.16. The number of nitrogens with zero attached hydrogens (tertiary/aromatic N) is 1. The predicted molar refractivity (Wildman–Crippen MR) is 116 cm³/mol. The number of aliphatic hydroxyl groups excluding tert-OH is 2. The van der Waals surface area contributed by atoms with Gasteiger partial charge in [0.1, 0.15) is 0 Å². The molecular formula is C23H34ClN3O3. The summed E-state index contributed by atoms with van der Waals surface area (Å²) < 4.78 is 0. The molecule has 0 aliphatic heterocycles. The van der Waals surface area contributed by atoms with Gasteiger partial charge in [-0.1, -0.05) is 11.6 Å². The molecule has 1 aromatic heterocycles. The van der Waals surface area contributed by atoms with Crippen molar-refractivity contribution in [1.29, 1.82) is 0 Å². The number of halogens is 1. The summed E-state index contributed by atoms with van der Waals surface area (Å²) in [4.78, 5) is 17.3. The van der Waals surface area contributed by atoms with E-state index in [1.54, 1.807) is 12.3 Å². The lowest BCUT2D eigenvalue weighted by molar-refractivity contribution is -0.0503. The van der Waals surface area contributed by atoms with E-state index in [0.29, 0.717) is 35.5 Å². The molecule has 5 rings (SSSR count). The quantitative estimate of drug-likeness (QED) is 0.424. The summed E-state index contributed by atoms with van der Waals surface area (Å²) in [6, 6.07) is 1.81. The first-order chi connectivity index (χ1) is 14.5. The van der Waals surface area contributed by atoms with Crippen LogP contribution in [0.25, 0.3) is 0 Å². The summed E-state index contributed by atoms with van der Waals surface area (Å²) in [5.41, 5.74) is 1.65. The first kappa shape index (κ1) is 22.0. The normalized spacial score (nSPS) is 30.4. The maximum absolute atomic E-state index is 12.9. The van der Waals surface area contributed by atoms with E-state index in [-0.39, 0.29) is 12.5 Å². The minimum atomic E-state index is -0.733. The molecule has 166 valence electrons. The van der Waals surface area contributed by atoms with Crippen LogP contribution in [0.15, 0.2) is 12.3 Å². The van der Waals surface area contributed by atoms with Crippen LogP contribution in [0.2, 0.25) is 5.02 Å². The summed E-state index contributed by atoms with van der Waals surface area (Å²) in [5, 5.41) is 24.8. The van der Waals surface area contributed by atoms with E-state index in [1.807, 2.05) is 0 Å². The van der Waals surface area contributed by atoms with E-state index in [1.165, 1.54) is 38.5 Å². The Balaban J connectivity index is 1.29. The van der Waals surface area contributed by atoms with Gasteiger partial charge in [-0.15, -0.1) is 0 Å². The molecule has 4 fully saturated rings. The van der Waals surface area contributed by atoms with Gasteiger partial charge in [-0.2, -0.15) is 0 Å². The number of hydrogen-bond donors (Lipinski definition) is 4. The zero-order valence-electron chi connectivity index (χ0n) is 17.6. The molecule has 1 heterocycles. The van der Waals surface area contributed by atoms with Gasteiger partial charge in [-0.25, -0.2) is 0 Å². The summed E-state index contributed by atoms with van der Waals surface area (Å²) >= 11 is 6.29. The zero-order chi connectivity index (χ0) is 21.1. The molecule has 1 amide bonds. The van der Waals surface area contributed by atoms with Crippen LogP contribution in [0.1, 0.15) is 61.0 Å². The van der Waals surface area contributed by atoms with Crippen LogP contribution in [-0.4, -0.2) is 53.4 Å². The van der Waals surface area contributed by atoms with Crippen molar-refractivity contribution >= 4 is 17.5 Å². The number of rotatable bonds is 10. The predicted octanol–water partition coefficient (Wildman–Crippen LogP) is 2.56. The Morgan fingerprint density at radius 2 is 1.90 bits per heavy atom. The smallest absolute Gasteiger partial charge is 0.252 e. The van der Waals surface area contributed by atoms with Crippen LogP contribution in [0.3, 0.4) is 0 Å². The summed E-state index contributed by atoms with van der Waals surface area (Å²) in [5.74, 6) is 2.52. The Morgan fingerprint density at radius 1 is 1.23 bits per heavy atom. The summed E-state index contributed by atoms with van der Waals surface area (Å²) in [6.07, 6.45) is 10.4. The third-order valence-corrected chi connectivity index (χ3v) is 7.62. The molecule has 6 nitrogen and oxygen atoms in total. The van der Waals surface area contributed by atoms with Gasteiger partial charge < -0.3 is 20.8 Å². The van der Waals surface area contributed by atoms with Gasteiger partial charge in [0.15, 0.2) is 0 Å². The van der Waals surface area contributed by atoms with Crippen molar-refractivity contribution in [3.05, 3.63) is 28.5 Å². The second kappa shape index (κ2) is 9.51. The highest BCUT2D eigenvalue weighted by atomic mass is 35.5. The van der Waals surface area contributed by atoms with Crippen LogP contribution in [0.5, 0.6) is 0 Å². The van der Waals surface area contributed by atoms with Crippen molar-refractivity contribution in [3.63, 3.8) is 0 Å². The van der Waals surface area contributed by atoms with Gasteiger partial charge >= 0.3 is 0 Å². The molecule has 0 saturated heterocycles. The largest absolute Gasteiger partial charge is 0.394 e. The molecule has 0 spiro atoms. The minimum Gasteiger partial charge on any atom is -0.394 e. The fourth-order valence-corrected chi connectivity index (χ4v) is 6.58. The van der Waals surface area contributed by atoms with Crippen molar-refractivity contribution in [2.45, 2.75) is 57.5 Å². The minimum absolute atomic E-state index is 0.0939. The van der Waals surface area contributed by atoms with Crippen LogP contribution in [0.4, 0.5) is 0 Å². The van der Waals surface area contributed by atoms with Gasteiger partial charge in [0.25, 0.3) is 5.91 Å². The fraction of sp³-hybridized carbons (Fsp3) is 0.739. The molecule has 1 atom stereocenters. The van der Waals surface area contributed by atoms with E-state index in [0.717, 1.165) is 36.4 Å². The average Bonchev–Trinajstić information content (AvgIpc) is 2.71. The SMILES string of the molecule is O=C(NCC12CC3CC(CC(C3)C1)C2)c1cc(CCCNC[C@@H](O)CO)ncc1Cl. The summed E-state index contributed by atoms with van der Waals surface area (Å²) in [7, 11) is 0. The van der Waals surface area contributed by atoms with E-state index in [9.17, 15) is 9.90 Å². The van der Waals surface area contributed by atoms with Gasteiger partial charge in [0.05, 0.1) is 23.3 Å². The number of carbonyl (C=O) groups is 1. The zero-order valence-corrected chi connectivity index (χ0v) is 18.3. The number of carbonyl (C=O) groups excluding carboxylic acids is 1. The molecule has 1 aromatic rings. The number of aliphatic hydroxyl groups is 2. The van der Waals surface area contributed by atoms with Crippen molar-refractivity contribution in [3.8, 4) is 0 Å². The van der Waals surface area contributed by atoms with Crippen LogP contribution in [-0.2, 0) is 6.42 Å². The molecule has 0 radical (unpaired) electrons. The van der Waals surface area contributed by atoms with Crippen molar-refractivity contribution in [2.24, 2.45) is 23.2 Å². The highest BCUT2D eigenvalue weighted by molar-refractivity contribution is 6.33. The number of aromatic nitrogens is 1. The van der Waals surface area contributed by atoms with Gasteiger partial charge in [-0.3, -0.25) is 9.78 Å². The first-order valence-electron chi connectivity index (χ1n) is 11.4. The third-order valence-electron chi connectivity index (χ3n) is 7.32. The maximum Gasteiger partial charge on any atom is 0.252 e. The molecule has 30 heavy (non-hydrogen) atoms. The fourth-order valence-electron chi connectivity index (χ4n) is 6.39. The van der Waals surface area contributed by atoms with Crippen LogP contribution < -0.4 is 10.6 Å². The molecule has 0 unspecified atom stereocenters. The lowest BCUT2D eigenvalue weighted by atomic mass is 9.49. The Labute approximate surface area is 183 Å². The Kier molecular flexibility index (Phi) is 6.98. The first-order valence-corrected chi connectivity index (χ1v) is 11.8. The molecule has 4 saturated carbocycles. The lowest BCUT2D eigenvalue weighted by Crippen LogP contribution is -2.51. The Hall–Kier alpha value is -1.21. The second-order valence-corrected chi connectivity index (χ2v) is 10.3.